The molecule has 1 fully saturated rings. The van der Waals surface area contributed by atoms with Crippen molar-refractivity contribution in [1.82, 2.24) is 9.78 Å². The quantitative estimate of drug-likeness (QED) is 0.677. The van der Waals surface area contributed by atoms with Gasteiger partial charge in [0.25, 0.3) is 5.56 Å². The van der Waals surface area contributed by atoms with Gasteiger partial charge < -0.3 is 5.11 Å². The van der Waals surface area contributed by atoms with E-state index in [0.717, 1.165) is 19.3 Å². The predicted molar refractivity (Wildman–Crippen MR) is 47.4 cm³/mol. The minimum Gasteiger partial charge on any atom is -0.391 e. The van der Waals surface area contributed by atoms with E-state index in [1.807, 2.05) is 0 Å². The van der Waals surface area contributed by atoms with Crippen LogP contribution in [0.25, 0.3) is 0 Å². The van der Waals surface area contributed by atoms with Crippen LogP contribution in [0.15, 0.2) is 23.1 Å². The Morgan fingerprint density at radius 1 is 1.54 bits per heavy atom. The van der Waals surface area contributed by atoms with E-state index in [0.29, 0.717) is 0 Å². The van der Waals surface area contributed by atoms with Gasteiger partial charge in [-0.1, -0.05) is 0 Å². The maximum absolute atomic E-state index is 11.3. The molecule has 1 heterocycles. The summed E-state index contributed by atoms with van der Waals surface area (Å²) in [6.07, 6.45) is 3.75. The summed E-state index contributed by atoms with van der Waals surface area (Å²) in [4.78, 5) is 11.3. The van der Waals surface area contributed by atoms with Crippen LogP contribution in [0.1, 0.15) is 25.3 Å². The summed E-state index contributed by atoms with van der Waals surface area (Å²) in [6, 6.07) is 2.96. The zero-order valence-corrected chi connectivity index (χ0v) is 7.26. The Bertz CT molecular complexity index is 347. The Kier molecular flexibility index (Phi) is 2.14. The van der Waals surface area contributed by atoms with Crippen LogP contribution in [0.3, 0.4) is 0 Å². The highest BCUT2D eigenvalue weighted by molar-refractivity contribution is 4.90. The molecule has 1 aromatic rings. The first-order valence-corrected chi connectivity index (χ1v) is 4.51. The lowest BCUT2D eigenvalue weighted by molar-refractivity contribution is 0.127. The molecule has 0 radical (unpaired) electrons. The van der Waals surface area contributed by atoms with Gasteiger partial charge in [-0.3, -0.25) is 4.79 Å². The summed E-state index contributed by atoms with van der Waals surface area (Å²) in [5.74, 6) is 0. The molecule has 0 amide bonds. The molecule has 1 aliphatic rings. The molecule has 1 N–H and O–H groups in total. The fraction of sp³-hybridized carbons (Fsp3) is 0.556. The molecule has 1 saturated carbocycles. The normalized spacial score (nSPS) is 27.8. The lowest BCUT2D eigenvalue weighted by atomic mass is 10.2. The molecule has 2 rings (SSSR count). The maximum Gasteiger partial charge on any atom is 0.267 e. The Hall–Kier alpha value is -1.16. The highest BCUT2D eigenvalue weighted by Crippen LogP contribution is 2.27. The Morgan fingerprint density at radius 2 is 2.38 bits per heavy atom. The van der Waals surface area contributed by atoms with Crippen molar-refractivity contribution in [3.63, 3.8) is 0 Å². The maximum atomic E-state index is 11.3. The van der Waals surface area contributed by atoms with Crippen LogP contribution < -0.4 is 5.56 Å². The Labute approximate surface area is 75.8 Å². The first-order chi connectivity index (χ1) is 6.29. The second-order valence-corrected chi connectivity index (χ2v) is 3.37. The molecular formula is C9H12N2O2. The van der Waals surface area contributed by atoms with Crippen molar-refractivity contribution in [3.05, 3.63) is 28.7 Å². The van der Waals surface area contributed by atoms with Gasteiger partial charge in [-0.2, -0.15) is 5.10 Å². The number of rotatable bonds is 1. The van der Waals surface area contributed by atoms with E-state index in [2.05, 4.69) is 5.10 Å². The van der Waals surface area contributed by atoms with Crippen LogP contribution >= 0.6 is 0 Å². The van der Waals surface area contributed by atoms with Crippen molar-refractivity contribution in [2.75, 3.05) is 0 Å². The first kappa shape index (κ1) is 8.44. The van der Waals surface area contributed by atoms with Crippen molar-refractivity contribution in [1.29, 1.82) is 0 Å². The van der Waals surface area contributed by atoms with Crippen molar-refractivity contribution >= 4 is 0 Å². The molecule has 4 nitrogen and oxygen atoms in total. The Morgan fingerprint density at radius 3 is 3.00 bits per heavy atom. The summed E-state index contributed by atoms with van der Waals surface area (Å²) in [5, 5.41) is 13.5. The zero-order valence-electron chi connectivity index (χ0n) is 7.26. The van der Waals surface area contributed by atoms with E-state index in [1.54, 1.807) is 12.3 Å². The van der Waals surface area contributed by atoms with E-state index in [4.69, 9.17) is 0 Å². The van der Waals surface area contributed by atoms with Gasteiger partial charge in [0.2, 0.25) is 0 Å². The summed E-state index contributed by atoms with van der Waals surface area (Å²) < 4.78 is 1.39. The summed E-state index contributed by atoms with van der Waals surface area (Å²) in [6.45, 7) is 0. The number of nitrogens with zero attached hydrogens (tertiary/aromatic N) is 2. The third kappa shape index (κ3) is 1.49. The topological polar surface area (TPSA) is 55.1 Å². The van der Waals surface area contributed by atoms with E-state index in [-0.39, 0.29) is 11.6 Å². The van der Waals surface area contributed by atoms with Gasteiger partial charge >= 0.3 is 0 Å². The molecule has 1 aliphatic carbocycles. The van der Waals surface area contributed by atoms with E-state index < -0.39 is 6.10 Å². The number of hydrogen-bond donors (Lipinski definition) is 1. The summed E-state index contributed by atoms with van der Waals surface area (Å²) >= 11 is 0. The summed E-state index contributed by atoms with van der Waals surface area (Å²) in [5.41, 5.74) is -0.131. The van der Waals surface area contributed by atoms with Crippen LogP contribution in [0.4, 0.5) is 0 Å². The molecule has 0 aromatic carbocycles. The van der Waals surface area contributed by atoms with Crippen LogP contribution in [0.5, 0.6) is 0 Å². The molecule has 0 aliphatic heterocycles. The standard InChI is InChI=1S/C9H12N2O2/c12-8-4-1-3-7(8)11-9(13)5-2-6-10-11/h2,5-8,12H,1,3-4H2/t7-,8-/m0/s1. The second-order valence-electron chi connectivity index (χ2n) is 3.37. The number of aromatic nitrogens is 2. The van der Waals surface area contributed by atoms with Crippen LogP contribution in [-0.4, -0.2) is 21.0 Å². The van der Waals surface area contributed by atoms with E-state index >= 15 is 0 Å². The number of aliphatic hydroxyl groups excluding tert-OH is 1. The zero-order chi connectivity index (χ0) is 9.26. The third-order valence-electron chi connectivity index (χ3n) is 2.50. The lowest BCUT2D eigenvalue weighted by Gasteiger charge is -2.15. The smallest absolute Gasteiger partial charge is 0.267 e. The van der Waals surface area contributed by atoms with Gasteiger partial charge in [0.05, 0.1) is 12.1 Å². The van der Waals surface area contributed by atoms with Gasteiger partial charge in [0.1, 0.15) is 0 Å². The van der Waals surface area contributed by atoms with Gasteiger partial charge in [-0.25, -0.2) is 4.68 Å². The molecule has 13 heavy (non-hydrogen) atoms. The summed E-state index contributed by atoms with van der Waals surface area (Å²) in [7, 11) is 0. The second kappa shape index (κ2) is 3.30. The van der Waals surface area contributed by atoms with Crippen molar-refractivity contribution < 1.29 is 5.11 Å². The van der Waals surface area contributed by atoms with Gasteiger partial charge in [-0.15, -0.1) is 0 Å². The minimum atomic E-state index is -0.410. The third-order valence-corrected chi connectivity index (χ3v) is 2.50. The van der Waals surface area contributed by atoms with E-state index in [9.17, 15) is 9.90 Å². The highest BCUT2D eigenvalue weighted by atomic mass is 16.3. The fourth-order valence-corrected chi connectivity index (χ4v) is 1.82. The average Bonchev–Trinajstić information content (AvgIpc) is 2.52. The van der Waals surface area contributed by atoms with Gasteiger partial charge in [0.15, 0.2) is 0 Å². The first-order valence-electron chi connectivity index (χ1n) is 4.51. The molecule has 0 unspecified atom stereocenters. The van der Waals surface area contributed by atoms with Crippen molar-refractivity contribution in [2.24, 2.45) is 0 Å². The van der Waals surface area contributed by atoms with Gasteiger partial charge in [-0.05, 0) is 25.3 Å². The Balaban J connectivity index is 2.35. The highest BCUT2D eigenvalue weighted by Gasteiger charge is 2.27. The lowest BCUT2D eigenvalue weighted by Crippen LogP contribution is -2.30. The predicted octanol–water partition coefficient (Wildman–Crippen LogP) is 0.329. The molecule has 70 valence electrons. The average molecular weight is 180 g/mol. The molecule has 2 atom stereocenters. The van der Waals surface area contributed by atoms with Crippen LogP contribution in [-0.2, 0) is 0 Å². The molecule has 4 heteroatoms. The van der Waals surface area contributed by atoms with Crippen molar-refractivity contribution in [2.45, 2.75) is 31.4 Å². The molecule has 0 spiro atoms. The van der Waals surface area contributed by atoms with Crippen LogP contribution in [0.2, 0.25) is 0 Å². The SMILES string of the molecule is O=c1cccnn1[C@H]1CCC[C@@H]1O. The minimum absolute atomic E-state index is 0.117. The van der Waals surface area contributed by atoms with Gasteiger partial charge in [0, 0.05) is 12.3 Å². The molecule has 0 bridgehead atoms. The largest absolute Gasteiger partial charge is 0.391 e. The van der Waals surface area contributed by atoms with E-state index in [1.165, 1.54) is 10.7 Å². The number of aliphatic hydroxyl groups is 1. The molecular weight excluding hydrogens is 168 g/mol. The molecule has 1 aromatic heterocycles. The van der Waals surface area contributed by atoms with Crippen molar-refractivity contribution in [3.8, 4) is 0 Å². The number of hydrogen-bond acceptors (Lipinski definition) is 3. The van der Waals surface area contributed by atoms with Crippen LogP contribution in [0, 0.1) is 0 Å². The molecule has 0 saturated heterocycles. The fourth-order valence-electron chi connectivity index (χ4n) is 1.82. The monoisotopic (exact) mass is 180 g/mol.